The normalized spacial score (nSPS) is 19.7. The van der Waals surface area contributed by atoms with Crippen molar-refractivity contribution >= 4 is 23.2 Å². The Hall–Kier alpha value is -2.04. The van der Waals surface area contributed by atoms with Gasteiger partial charge in [0.2, 0.25) is 11.8 Å². The van der Waals surface area contributed by atoms with E-state index < -0.39 is 6.04 Å². The van der Waals surface area contributed by atoms with Crippen LogP contribution < -0.4 is 15.1 Å². The van der Waals surface area contributed by atoms with Crippen molar-refractivity contribution in [2.24, 2.45) is 0 Å². The lowest BCUT2D eigenvalue weighted by Crippen LogP contribution is -2.57. The van der Waals surface area contributed by atoms with Crippen LogP contribution in [0, 0.1) is 0 Å². The zero-order valence-corrected chi connectivity index (χ0v) is 10.8. The summed E-state index contributed by atoms with van der Waals surface area (Å²) in [7, 11) is 3.91. The van der Waals surface area contributed by atoms with Gasteiger partial charge in [0.1, 0.15) is 12.6 Å². The van der Waals surface area contributed by atoms with Crippen molar-refractivity contribution in [2.75, 3.05) is 30.4 Å². The van der Waals surface area contributed by atoms with Crippen LogP contribution in [0.1, 0.15) is 6.92 Å². The van der Waals surface area contributed by atoms with E-state index in [1.165, 1.54) is 4.90 Å². The lowest BCUT2D eigenvalue weighted by atomic mass is 10.1. The number of hydrogen-bond donors (Lipinski definition) is 1. The number of carbonyl (C=O) groups excluding carboxylic acids is 2. The molecule has 1 heterocycles. The standard InChI is InChI=1S/C13H17N3O2/c1-9-13(18)16(8-12(17)14-9)11-6-4-10(5-7-11)15(2)3/h4-7,9H,8H2,1-3H3,(H,14,17). The topological polar surface area (TPSA) is 52.7 Å². The van der Waals surface area contributed by atoms with Gasteiger partial charge in [-0.1, -0.05) is 0 Å². The smallest absolute Gasteiger partial charge is 0.249 e. The molecule has 1 atom stereocenters. The Morgan fingerprint density at radius 2 is 1.83 bits per heavy atom. The second kappa shape index (κ2) is 4.68. The maximum Gasteiger partial charge on any atom is 0.249 e. The van der Waals surface area contributed by atoms with Crippen LogP contribution in [0.2, 0.25) is 0 Å². The number of carbonyl (C=O) groups is 2. The molecule has 2 rings (SSSR count). The molecule has 1 fully saturated rings. The predicted octanol–water partition coefficient (Wildman–Crippen LogP) is 0.604. The second-order valence-corrected chi connectivity index (χ2v) is 4.62. The average molecular weight is 247 g/mol. The summed E-state index contributed by atoms with van der Waals surface area (Å²) in [4.78, 5) is 27.0. The molecule has 0 spiro atoms. The van der Waals surface area contributed by atoms with E-state index in [0.717, 1.165) is 11.4 Å². The number of rotatable bonds is 2. The third kappa shape index (κ3) is 2.30. The van der Waals surface area contributed by atoms with Crippen molar-refractivity contribution in [1.82, 2.24) is 5.32 Å². The minimum Gasteiger partial charge on any atom is -0.378 e. The Morgan fingerprint density at radius 3 is 2.39 bits per heavy atom. The summed E-state index contributed by atoms with van der Waals surface area (Å²) in [5.74, 6) is -0.203. The van der Waals surface area contributed by atoms with Crippen LogP contribution in [-0.4, -0.2) is 38.5 Å². The largest absolute Gasteiger partial charge is 0.378 e. The number of nitrogens with one attached hydrogen (secondary N) is 1. The Labute approximate surface area is 106 Å². The van der Waals surface area contributed by atoms with E-state index in [-0.39, 0.29) is 18.4 Å². The molecule has 1 aromatic carbocycles. The molecular formula is C13H17N3O2. The Morgan fingerprint density at radius 1 is 1.22 bits per heavy atom. The summed E-state index contributed by atoms with van der Waals surface area (Å²) in [6, 6.07) is 7.12. The Kier molecular flexibility index (Phi) is 3.23. The highest BCUT2D eigenvalue weighted by Crippen LogP contribution is 2.21. The zero-order chi connectivity index (χ0) is 13.3. The summed E-state index contributed by atoms with van der Waals surface area (Å²) in [5, 5.41) is 2.62. The highest BCUT2D eigenvalue weighted by Gasteiger charge is 2.30. The van der Waals surface area contributed by atoms with Gasteiger partial charge in [-0.15, -0.1) is 0 Å². The number of amides is 2. The molecule has 0 bridgehead atoms. The summed E-state index contributed by atoms with van der Waals surface area (Å²) in [6.07, 6.45) is 0. The second-order valence-electron chi connectivity index (χ2n) is 4.62. The summed E-state index contributed by atoms with van der Waals surface area (Å²) in [5.41, 5.74) is 1.81. The van der Waals surface area contributed by atoms with E-state index in [9.17, 15) is 9.59 Å². The molecule has 96 valence electrons. The van der Waals surface area contributed by atoms with Crippen LogP contribution in [0.3, 0.4) is 0 Å². The van der Waals surface area contributed by atoms with Gasteiger partial charge in [-0.25, -0.2) is 0 Å². The monoisotopic (exact) mass is 247 g/mol. The fourth-order valence-corrected chi connectivity index (χ4v) is 1.95. The molecule has 2 amide bonds. The molecule has 1 aromatic rings. The molecule has 1 N–H and O–H groups in total. The van der Waals surface area contributed by atoms with Crippen molar-refractivity contribution in [2.45, 2.75) is 13.0 Å². The number of benzene rings is 1. The van der Waals surface area contributed by atoms with Crippen molar-refractivity contribution in [3.63, 3.8) is 0 Å². The number of nitrogens with zero attached hydrogens (tertiary/aromatic N) is 2. The fraction of sp³-hybridized carbons (Fsp3) is 0.385. The SMILES string of the molecule is CC1NC(=O)CN(c2ccc(N(C)C)cc2)C1=O. The van der Waals surface area contributed by atoms with Gasteiger partial charge in [0.15, 0.2) is 0 Å². The first kappa shape index (κ1) is 12.4. The molecule has 0 radical (unpaired) electrons. The van der Waals surface area contributed by atoms with Gasteiger partial charge in [0.25, 0.3) is 0 Å². The molecule has 5 heteroatoms. The van der Waals surface area contributed by atoms with Gasteiger partial charge >= 0.3 is 0 Å². The van der Waals surface area contributed by atoms with Crippen LogP contribution in [0.25, 0.3) is 0 Å². The van der Waals surface area contributed by atoms with Crippen molar-refractivity contribution in [3.05, 3.63) is 24.3 Å². The van der Waals surface area contributed by atoms with Crippen LogP contribution in [0.4, 0.5) is 11.4 Å². The van der Waals surface area contributed by atoms with Gasteiger partial charge in [-0.05, 0) is 31.2 Å². The maximum absolute atomic E-state index is 12.0. The van der Waals surface area contributed by atoms with Crippen molar-refractivity contribution in [3.8, 4) is 0 Å². The van der Waals surface area contributed by atoms with E-state index in [1.54, 1.807) is 6.92 Å². The van der Waals surface area contributed by atoms with Gasteiger partial charge in [0, 0.05) is 25.5 Å². The molecule has 18 heavy (non-hydrogen) atoms. The summed E-state index contributed by atoms with van der Waals surface area (Å²) in [6.45, 7) is 1.78. The molecule has 1 saturated heterocycles. The number of piperazine rings is 1. The third-order valence-corrected chi connectivity index (χ3v) is 2.99. The lowest BCUT2D eigenvalue weighted by Gasteiger charge is -2.31. The maximum atomic E-state index is 12.0. The molecule has 0 aliphatic carbocycles. The zero-order valence-electron chi connectivity index (χ0n) is 10.8. The van der Waals surface area contributed by atoms with E-state index in [0.29, 0.717) is 0 Å². The average Bonchev–Trinajstić information content (AvgIpc) is 2.34. The highest BCUT2D eigenvalue weighted by atomic mass is 16.2. The van der Waals surface area contributed by atoms with E-state index in [2.05, 4.69) is 5.32 Å². The van der Waals surface area contributed by atoms with Crippen molar-refractivity contribution in [1.29, 1.82) is 0 Å². The summed E-state index contributed by atoms with van der Waals surface area (Å²) < 4.78 is 0. The van der Waals surface area contributed by atoms with E-state index >= 15 is 0 Å². The Bertz CT molecular complexity index is 468. The molecule has 0 aromatic heterocycles. The van der Waals surface area contributed by atoms with Gasteiger partial charge in [-0.2, -0.15) is 0 Å². The predicted molar refractivity (Wildman–Crippen MR) is 70.7 cm³/mol. The summed E-state index contributed by atoms with van der Waals surface area (Å²) >= 11 is 0. The Balaban J connectivity index is 2.24. The first-order valence-corrected chi connectivity index (χ1v) is 5.87. The molecular weight excluding hydrogens is 230 g/mol. The van der Waals surface area contributed by atoms with Gasteiger partial charge in [-0.3, -0.25) is 9.59 Å². The lowest BCUT2D eigenvalue weighted by molar-refractivity contribution is -0.130. The van der Waals surface area contributed by atoms with Crippen molar-refractivity contribution < 1.29 is 9.59 Å². The van der Waals surface area contributed by atoms with E-state index in [1.807, 2.05) is 43.3 Å². The molecule has 1 aliphatic heterocycles. The minimum absolute atomic E-state index is 0.0767. The molecule has 0 saturated carbocycles. The quantitative estimate of drug-likeness (QED) is 0.833. The molecule has 1 aliphatic rings. The molecule has 1 unspecified atom stereocenters. The van der Waals surface area contributed by atoms with E-state index in [4.69, 9.17) is 0 Å². The molecule has 5 nitrogen and oxygen atoms in total. The third-order valence-electron chi connectivity index (χ3n) is 2.99. The van der Waals surface area contributed by atoms with Crippen LogP contribution in [0.15, 0.2) is 24.3 Å². The highest BCUT2D eigenvalue weighted by molar-refractivity contribution is 6.06. The van der Waals surface area contributed by atoms with Crippen LogP contribution in [0.5, 0.6) is 0 Å². The fourth-order valence-electron chi connectivity index (χ4n) is 1.95. The first-order chi connectivity index (χ1) is 8.49. The van der Waals surface area contributed by atoms with Crippen LogP contribution >= 0.6 is 0 Å². The number of anilines is 2. The minimum atomic E-state index is -0.459. The van der Waals surface area contributed by atoms with Crippen LogP contribution in [-0.2, 0) is 9.59 Å². The number of hydrogen-bond acceptors (Lipinski definition) is 3. The first-order valence-electron chi connectivity index (χ1n) is 5.87. The van der Waals surface area contributed by atoms with Gasteiger partial charge < -0.3 is 15.1 Å². The van der Waals surface area contributed by atoms with Gasteiger partial charge in [0.05, 0.1) is 0 Å².